The third-order valence-electron chi connectivity index (χ3n) is 5.94. The molecule has 5 aromatic rings. The molecule has 242 valence electrons. The van der Waals surface area contributed by atoms with Gasteiger partial charge >= 0.3 is 6.36 Å². The molecule has 0 bridgehead atoms. The van der Waals surface area contributed by atoms with E-state index in [0.29, 0.717) is 26.4 Å². The second kappa shape index (κ2) is 16.1. The normalized spacial score (nSPS) is 11.7. The maximum atomic E-state index is 12.2. The smallest absolute Gasteiger partial charge is 0.487 e. The molecule has 1 N–H and O–H groups in total. The van der Waals surface area contributed by atoms with Crippen molar-refractivity contribution in [2.75, 3.05) is 6.61 Å². The average Bonchev–Trinajstić information content (AvgIpc) is 3.70. The lowest BCUT2D eigenvalue weighted by Gasteiger charge is -2.08. The lowest BCUT2D eigenvalue weighted by atomic mass is 10.2. The number of thiazole rings is 1. The predicted molar refractivity (Wildman–Crippen MR) is 166 cm³/mol. The van der Waals surface area contributed by atoms with Crippen LogP contribution in [-0.4, -0.2) is 45.9 Å². The Bertz CT molecular complexity index is 1780. The Morgan fingerprint density at radius 1 is 0.935 bits per heavy atom. The fourth-order valence-electron chi connectivity index (χ4n) is 3.66. The van der Waals surface area contributed by atoms with Crippen molar-refractivity contribution in [1.82, 2.24) is 20.0 Å². The summed E-state index contributed by atoms with van der Waals surface area (Å²) in [7, 11) is -4.02. The van der Waals surface area contributed by atoms with Gasteiger partial charge in [-0.3, -0.25) is 9.23 Å². The second-order valence-corrected chi connectivity index (χ2v) is 11.9. The number of hydrogen-bond acceptors (Lipinski definition) is 9. The molecule has 0 atom stereocenters. The highest BCUT2D eigenvalue weighted by Crippen LogP contribution is 2.24. The van der Waals surface area contributed by atoms with Gasteiger partial charge in [0.1, 0.15) is 23.1 Å². The fraction of sp³-hybridized carbons (Fsp3) is 0.194. The number of aromatic nitrogens is 4. The van der Waals surface area contributed by atoms with E-state index >= 15 is 0 Å². The van der Waals surface area contributed by atoms with Crippen LogP contribution in [0.1, 0.15) is 27.4 Å². The maximum absolute atomic E-state index is 12.2. The quantitative estimate of drug-likeness (QED) is 0.112. The van der Waals surface area contributed by atoms with Crippen LogP contribution in [-0.2, 0) is 34.6 Å². The van der Waals surface area contributed by atoms with Crippen LogP contribution in [0.15, 0.2) is 95.5 Å². The molecule has 10 nitrogen and oxygen atoms in total. The van der Waals surface area contributed by atoms with E-state index in [4.69, 9.17) is 14.0 Å². The van der Waals surface area contributed by atoms with Crippen LogP contribution in [0.4, 0.5) is 13.2 Å². The number of halogens is 3. The molecule has 0 saturated heterocycles. The number of benzene rings is 3. The first-order valence-corrected chi connectivity index (χ1v) is 15.9. The van der Waals surface area contributed by atoms with Gasteiger partial charge in [0.05, 0.1) is 36.5 Å². The minimum absolute atomic E-state index is 0.0666. The van der Waals surface area contributed by atoms with E-state index in [1.165, 1.54) is 35.6 Å². The van der Waals surface area contributed by atoms with Crippen LogP contribution in [0.2, 0.25) is 0 Å². The summed E-state index contributed by atoms with van der Waals surface area (Å²) in [5.41, 5.74) is 3.51. The maximum Gasteiger partial charge on any atom is 0.573 e. The van der Waals surface area contributed by atoms with Crippen molar-refractivity contribution in [2.24, 2.45) is 0 Å². The first-order chi connectivity index (χ1) is 21.9. The first kappa shape index (κ1) is 34.3. The fourth-order valence-corrected chi connectivity index (χ4v) is 4.84. The molecule has 0 fully saturated rings. The summed E-state index contributed by atoms with van der Waals surface area (Å²) in [4.78, 5) is 4.43. The molecule has 0 unspecified atom stereocenters. The molecule has 0 spiro atoms. The van der Waals surface area contributed by atoms with Gasteiger partial charge in [-0.15, -0.1) is 29.6 Å². The van der Waals surface area contributed by atoms with Crippen LogP contribution in [0, 0.1) is 6.92 Å². The summed E-state index contributed by atoms with van der Waals surface area (Å²) >= 11 is 1.45. The monoisotopic (exact) mass is 674 g/mol. The SMILES string of the molecule is Cc1ccc(S(=O)(=O)O)cc1.FC(F)(F)Oc1ccc(/C=C/c2nc(COc3ccc(COCCn4ccnn4)cc3)cs2)cc1. The molecule has 0 saturated carbocycles. The molecule has 0 amide bonds. The third-order valence-corrected chi connectivity index (χ3v) is 7.66. The molecule has 2 aromatic heterocycles. The van der Waals surface area contributed by atoms with Gasteiger partial charge in [-0.05, 0) is 60.5 Å². The van der Waals surface area contributed by atoms with Crippen LogP contribution in [0.5, 0.6) is 11.5 Å². The van der Waals surface area contributed by atoms with Crippen molar-refractivity contribution < 1.29 is 40.4 Å². The van der Waals surface area contributed by atoms with Gasteiger partial charge in [-0.25, -0.2) is 4.98 Å². The van der Waals surface area contributed by atoms with Gasteiger partial charge in [0.25, 0.3) is 10.1 Å². The van der Waals surface area contributed by atoms with Crippen molar-refractivity contribution >= 4 is 33.6 Å². The molecule has 0 aliphatic heterocycles. The standard InChI is InChI=1S/C24H21F3N4O3S.C7H8O3S/c25-24(26,27)34-22-8-1-18(2-9-22)5-10-23-29-20(17-35-23)16-33-21-6-3-19(4-7-21)15-32-14-13-31-12-11-28-30-31;1-6-2-4-7(5-3-6)11(8,9)10/h1-12,17H,13-16H2;2-5H,1H3,(H,8,9,10)/b10-5+;. The Hall–Kier alpha value is -4.57. The highest BCUT2D eigenvalue weighted by molar-refractivity contribution is 7.85. The first-order valence-electron chi connectivity index (χ1n) is 13.6. The number of aryl methyl sites for hydroxylation is 1. The van der Waals surface area contributed by atoms with Gasteiger partial charge in [-0.2, -0.15) is 8.42 Å². The zero-order valence-corrected chi connectivity index (χ0v) is 26.0. The van der Waals surface area contributed by atoms with Crippen molar-refractivity contribution in [3.05, 3.63) is 118 Å². The Balaban J connectivity index is 0.000000369. The van der Waals surface area contributed by atoms with Gasteiger partial charge in [0.15, 0.2) is 0 Å². The topological polar surface area (TPSA) is 126 Å². The molecule has 3 aromatic carbocycles. The highest BCUT2D eigenvalue weighted by atomic mass is 32.2. The molecule has 0 radical (unpaired) electrons. The average molecular weight is 675 g/mol. The minimum atomic E-state index is -4.70. The van der Waals surface area contributed by atoms with Crippen LogP contribution in [0.3, 0.4) is 0 Å². The molecular formula is C31H29F3N4O6S2. The summed E-state index contributed by atoms with van der Waals surface area (Å²) in [6, 6.07) is 19.3. The molecule has 46 heavy (non-hydrogen) atoms. The van der Waals surface area contributed by atoms with Crippen molar-refractivity contribution in [3.63, 3.8) is 0 Å². The minimum Gasteiger partial charge on any atom is -0.487 e. The lowest BCUT2D eigenvalue weighted by molar-refractivity contribution is -0.274. The van der Waals surface area contributed by atoms with Gasteiger partial charge in [-0.1, -0.05) is 53.3 Å². The van der Waals surface area contributed by atoms with E-state index in [0.717, 1.165) is 33.1 Å². The number of hydrogen-bond donors (Lipinski definition) is 1. The van der Waals surface area contributed by atoms with E-state index in [2.05, 4.69) is 20.0 Å². The van der Waals surface area contributed by atoms with E-state index in [-0.39, 0.29) is 10.6 Å². The largest absolute Gasteiger partial charge is 0.573 e. The summed E-state index contributed by atoms with van der Waals surface area (Å²) < 4.78 is 83.3. The molecule has 0 aliphatic carbocycles. The Morgan fingerprint density at radius 2 is 1.63 bits per heavy atom. The number of ether oxygens (including phenoxy) is 3. The highest BCUT2D eigenvalue weighted by Gasteiger charge is 2.30. The predicted octanol–water partition coefficient (Wildman–Crippen LogP) is 6.84. The molecule has 5 rings (SSSR count). The zero-order valence-electron chi connectivity index (χ0n) is 24.4. The van der Waals surface area contributed by atoms with E-state index in [1.807, 2.05) is 36.6 Å². The number of rotatable bonds is 12. The molecule has 2 heterocycles. The number of alkyl halides is 3. The Labute approximate surface area is 267 Å². The summed E-state index contributed by atoms with van der Waals surface area (Å²) in [6.45, 7) is 3.85. The Morgan fingerprint density at radius 3 is 2.26 bits per heavy atom. The van der Waals surface area contributed by atoms with Gasteiger partial charge in [0.2, 0.25) is 0 Å². The van der Waals surface area contributed by atoms with Gasteiger partial charge < -0.3 is 14.2 Å². The van der Waals surface area contributed by atoms with Gasteiger partial charge in [0, 0.05) is 11.6 Å². The van der Waals surface area contributed by atoms with Crippen LogP contribution >= 0.6 is 11.3 Å². The van der Waals surface area contributed by atoms with E-state index in [1.54, 1.807) is 53.5 Å². The second-order valence-electron chi connectivity index (χ2n) is 9.57. The summed E-state index contributed by atoms with van der Waals surface area (Å²) in [6.07, 6.45) is 2.28. The zero-order chi connectivity index (χ0) is 33.0. The third kappa shape index (κ3) is 12.1. The van der Waals surface area contributed by atoms with E-state index in [9.17, 15) is 21.6 Å². The number of nitrogens with zero attached hydrogens (tertiary/aromatic N) is 4. The van der Waals surface area contributed by atoms with Crippen LogP contribution < -0.4 is 9.47 Å². The van der Waals surface area contributed by atoms with Crippen molar-refractivity contribution in [3.8, 4) is 11.5 Å². The van der Waals surface area contributed by atoms with Crippen molar-refractivity contribution in [1.29, 1.82) is 0 Å². The lowest BCUT2D eigenvalue weighted by Crippen LogP contribution is -2.16. The van der Waals surface area contributed by atoms with Crippen molar-refractivity contribution in [2.45, 2.75) is 37.9 Å². The molecule has 15 heteroatoms. The van der Waals surface area contributed by atoms with Crippen LogP contribution in [0.25, 0.3) is 12.2 Å². The van der Waals surface area contributed by atoms with E-state index < -0.39 is 16.5 Å². The molecular weight excluding hydrogens is 645 g/mol. The molecule has 0 aliphatic rings. The summed E-state index contributed by atoms with van der Waals surface area (Å²) in [5, 5.41) is 10.3. The summed E-state index contributed by atoms with van der Waals surface area (Å²) in [5.74, 6) is 0.467. The Kier molecular flexibility index (Phi) is 12.0.